The number of carbonyl (C=O) groups is 1. The summed E-state index contributed by atoms with van der Waals surface area (Å²) in [5.41, 5.74) is -0.0671. The molecule has 1 N–H and O–H groups in total. The molecule has 3 nitrogen and oxygen atoms in total. The number of nitrogens with one attached hydrogen (secondary N) is 1. The van der Waals surface area contributed by atoms with E-state index in [1.807, 2.05) is 0 Å². The van der Waals surface area contributed by atoms with Crippen molar-refractivity contribution in [3.63, 3.8) is 0 Å². The van der Waals surface area contributed by atoms with Crippen LogP contribution in [0.2, 0.25) is 0 Å². The standard InChI is InChI=1S/C11H12F2N2OS/c12-9-5-4-7(10(13)15-9)14-11(16)8-3-1-2-6-17-8/h4-5,8H,1-3,6H2,(H,14,16). The summed E-state index contributed by atoms with van der Waals surface area (Å²) in [4.78, 5) is 14.8. The molecule has 1 aromatic rings. The summed E-state index contributed by atoms with van der Waals surface area (Å²) in [5.74, 6) is -1.17. The van der Waals surface area contributed by atoms with Crippen LogP contribution < -0.4 is 5.32 Å². The van der Waals surface area contributed by atoms with Crippen molar-refractivity contribution in [3.8, 4) is 0 Å². The minimum absolute atomic E-state index is 0.0671. The van der Waals surface area contributed by atoms with E-state index in [1.54, 1.807) is 11.8 Å². The van der Waals surface area contributed by atoms with Gasteiger partial charge < -0.3 is 5.32 Å². The van der Waals surface area contributed by atoms with Gasteiger partial charge >= 0.3 is 0 Å². The third-order valence-corrected chi connectivity index (χ3v) is 3.92. The zero-order valence-electron chi connectivity index (χ0n) is 9.08. The van der Waals surface area contributed by atoms with Gasteiger partial charge in [0.15, 0.2) is 0 Å². The predicted octanol–water partition coefficient (Wildman–Crippen LogP) is 2.58. The van der Waals surface area contributed by atoms with Crippen LogP contribution >= 0.6 is 11.8 Å². The Labute approximate surface area is 102 Å². The van der Waals surface area contributed by atoms with Gasteiger partial charge in [-0.2, -0.15) is 13.8 Å². The molecule has 1 amide bonds. The van der Waals surface area contributed by atoms with Crippen LogP contribution in [0, 0.1) is 11.9 Å². The lowest BCUT2D eigenvalue weighted by atomic mass is 10.2. The molecule has 1 aliphatic rings. The topological polar surface area (TPSA) is 42.0 Å². The number of pyridine rings is 1. The molecule has 92 valence electrons. The van der Waals surface area contributed by atoms with Crippen molar-refractivity contribution in [2.24, 2.45) is 0 Å². The van der Waals surface area contributed by atoms with E-state index in [2.05, 4.69) is 10.3 Å². The molecule has 1 unspecified atom stereocenters. The Kier molecular flexibility index (Phi) is 3.93. The lowest BCUT2D eigenvalue weighted by Gasteiger charge is -2.20. The zero-order chi connectivity index (χ0) is 12.3. The third-order valence-electron chi connectivity index (χ3n) is 2.54. The van der Waals surface area contributed by atoms with Crippen molar-refractivity contribution in [1.82, 2.24) is 4.98 Å². The van der Waals surface area contributed by atoms with E-state index in [1.165, 1.54) is 6.07 Å². The maximum Gasteiger partial charge on any atom is 0.239 e. The Morgan fingerprint density at radius 3 is 2.88 bits per heavy atom. The maximum absolute atomic E-state index is 13.2. The number of halogens is 2. The fourth-order valence-electron chi connectivity index (χ4n) is 1.67. The highest BCUT2D eigenvalue weighted by atomic mass is 32.2. The van der Waals surface area contributed by atoms with E-state index in [0.717, 1.165) is 31.1 Å². The van der Waals surface area contributed by atoms with Crippen LogP contribution in [0.3, 0.4) is 0 Å². The lowest BCUT2D eigenvalue weighted by molar-refractivity contribution is -0.115. The third kappa shape index (κ3) is 3.15. The molecule has 1 saturated heterocycles. The average Bonchev–Trinajstić information content (AvgIpc) is 2.34. The molecule has 1 aromatic heterocycles. The Morgan fingerprint density at radius 1 is 1.41 bits per heavy atom. The van der Waals surface area contributed by atoms with Crippen LogP contribution in [0.4, 0.5) is 14.5 Å². The first-order valence-electron chi connectivity index (χ1n) is 5.41. The Morgan fingerprint density at radius 2 is 2.24 bits per heavy atom. The fraction of sp³-hybridized carbons (Fsp3) is 0.455. The molecule has 17 heavy (non-hydrogen) atoms. The molecule has 2 rings (SSSR count). The van der Waals surface area contributed by atoms with Gasteiger partial charge in [0.25, 0.3) is 0 Å². The van der Waals surface area contributed by atoms with Gasteiger partial charge in [-0.05, 0) is 30.7 Å². The number of hydrogen-bond donors (Lipinski definition) is 1. The van der Waals surface area contributed by atoms with E-state index >= 15 is 0 Å². The van der Waals surface area contributed by atoms with Crippen LogP contribution in [-0.2, 0) is 4.79 Å². The van der Waals surface area contributed by atoms with E-state index in [0.29, 0.717) is 0 Å². The summed E-state index contributed by atoms with van der Waals surface area (Å²) in [6.07, 6.45) is 2.92. The highest BCUT2D eigenvalue weighted by Crippen LogP contribution is 2.26. The second kappa shape index (κ2) is 5.44. The number of anilines is 1. The predicted molar refractivity (Wildman–Crippen MR) is 62.9 cm³/mol. The molecule has 0 aliphatic carbocycles. The molecule has 1 fully saturated rings. The van der Waals surface area contributed by atoms with Gasteiger partial charge in [-0.3, -0.25) is 4.79 Å². The summed E-state index contributed by atoms with van der Waals surface area (Å²) >= 11 is 1.57. The number of rotatable bonds is 2. The Bertz CT molecular complexity index is 422. The number of thioether (sulfide) groups is 1. The quantitative estimate of drug-likeness (QED) is 0.829. The first kappa shape index (κ1) is 12.3. The van der Waals surface area contributed by atoms with Crippen molar-refractivity contribution in [1.29, 1.82) is 0 Å². The number of carbonyl (C=O) groups excluding carboxylic acids is 1. The molecule has 1 atom stereocenters. The first-order valence-corrected chi connectivity index (χ1v) is 6.46. The highest BCUT2D eigenvalue weighted by molar-refractivity contribution is 8.00. The Balaban J connectivity index is 2.02. The zero-order valence-corrected chi connectivity index (χ0v) is 9.90. The lowest BCUT2D eigenvalue weighted by Crippen LogP contribution is -2.28. The Hall–Kier alpha value is -1.17. The molecular formula is C11H12F2N2OS. The van der Waals surface area contributed by atoms with Crippen molar-refractivity contribution < 1.29 is 13.6 Å². The fourth-order valence-corrected chi connectivity index (χ4v) is 2.87. The molecule has 2 heterocycles. The summed E-state index contributed by atoms with van der Waals surface area (Å²) in [6, 6.07) is 2.20. The summed E-state index contributed by atoms with van der Waals surface area (Å²) in [7, 11) is 0. The monoisotopic (exact) mass is 258 g/mol. The van der Waals surface area contributed by atoms with Crippen molar-refractivity contribution in [3.05, 3.63) is 24.0 Å². The van der Waals surface area contributed by atoms with Gasteiger partial charge in [0.2, 0.25) is 17.8 Å². The normalized spacial score (nSPS) is 20.0. The minimum Gasteiger partial charge on any atom is -0.321 e. The second-order valence-electron chi connectivity index (χ2n) is 3.82. The van der Waals surface area contributed by atoms with E-state index < -0.39 is 11.9 Å². The highest BCUT2D eigenvalue weighted by Gasteiger charge is 2.22. The smallest absolute Gasteiger partial charge is 0.239 e. The second-order valence-corrected chi connectivity index (χ2v) is 5.13. The van der Waals surface area contributed by atoms with Crippen LogP contribution in [0.1, 0.15) is 19.3 Å². The first-order chi connectivity index (χ1) is 8.16. The molecule has 0 bridgehead atoms. The molecule has 0 radical (unpaired) electrons. The van der Waals surface area contributed by atoms with Gasteiger partial charge in [-0.1, -0.05) is 6.42 Å². The van der Waals surface area contributed by atoms with Crippen molar-refractivity contribution in [2.45, 2.75) is 24.5 Å². The van der Waals surface area contributed by atoms with Gasteiger partial charge in [-0.25, -0.2) is 0 Å². The minimum atomic E-state index is -0.987. The number of nitrogens with zero attached hydrogens (tertiary/aromatic N) is 1. The van der Waals surface area contributed by atoms with Gasteiger partial charge in [0.1, 0.15) is 0 Å². The van der Waals surface area contributed by atoms with Gasteiger partial charge in [0.05, 0.1) is 10.9 Å². The van der Waals surface area contributed by atoms with Crippen LogP contribution in [0.15, 0.2) is 12.1 Å². The maximum atomic E-state index is 13.2. The number of hydrogen-bond acceptors (Lipinski definition) is 3. The van der Waals surface area contributed by atoms with Crippen LogP contribution in [-0.4, -0.2) is 21.9 Å². The molecule has 0 aromatic carbocycles. The summed E-state index contributed by atoms with van der Waals surface area (Å²) < 4.78 is 25.8. The van der Waals surface area contributed by atoms with E-state index in [-0.39, 0.29) is 16.8 Å². The van der Waals surface area contributed by atoms with Crippen LogP contribution in [0.5, 0.6) is 0 Å². The van der Waals surface area contributed by atoms with E-state index in [9.17, 15) is 13.6 Å². The van der Waals surface area contributed by atoms with Crippen LogP contribution in [0.25, 0.3) is 0 Å². The van der Waals surface area contributed by atoms with Gasteiger partial charge in [-0.15, -0.1) is 11.8 Å². The molecule has 1 aliphatic heterocycles. The SMILES string of the molecule is O=C(Nc1ccc(F)nc1F)C1CCCCS1. The number of aromatic nitrogens is 1. The molecule has 0 saturated carbocycles. The van der Waals surface area contributed by atoms with Gasteiger partial charge in [0, 0.05) is 0 Å². The average molecular weight is 258 g/mol. The molecule has 0 spiro atoms. The van der Waals surface area contributed by atoms with Crippen molar-refractivity contribution >= 4 is 23.4 Å². The summed E-state index contributed by atoms with van der Waals surface area (Å²) in [6.45, 7) is 0. The van der Waals surface area contributed by atoms with Crippen molar-refractivity contribution in [2.75, 3.05) is 11.1 Å². The van der Waals surface area contributed by atoms with E-state index in [4.69, 9.17) is 0 Å². The summed E-state index contributed by atoms with van der Waals surface area (Å²) in [5, 5.41) is 2.30. The molecular weight excluding hydrogens is 246 g/mol. The number of amides is 1. The largest absolute Gasteiger partial charge is 0.321 e. The molecule has 6 heteroatoms.